The van der Waals surface area contributed by atoms with E-state index in [1.807, 2.05) is 0 Å². The van der Waals surface area contributed by atoms with E-state index in [4.69, 9.17) is 5.73 Å². The highest BCUT2D eigenvalue weighted by Crippen LogP contribution is 2.21. The van der Waals surface area contributed by atoms with Gasteiger partial charge in [0.05, 0.1) is 11.0 Å². The molecule has 1 rings (SSSR count). The number of nitrogens with zero attached hydrogens (tertiary/aromatic N) is 1. The third-order valence-corrected chi connectivity index (χ3v) is 2.42. The second kappa shape index (κ2) is 5.92. The first-order valence-corrected chi connectivity index (χ1v) is 5.38. The van der Waals surface area contributed by atoms with Crippen molar-refractivity contribution in [3.63, 3.8) is 0 Å². The fraction of sp³-hybridized carbons (Fsp3) is 0.250. The molecule has 0 saturated heterocycles. The van der Waals surface area contributed by atoms with Crippen LogP contribution < -0.4 is 11.1 Å². The van der Waals surface area contributed by atoms with E-state index in [0.29, 0.717) is 17.7 Å². The van der Waals surface area contributed by atoms with Crippen LogP contribution in [0, 0.1) is 17.0 Å². The van der Waals surface area contributed by atoms with Crippen LogP contribution in [0.1, 0.15) is 12.0 Å². The van der Waals surface area contributed by atoms with Gasteiger partial charge in [-0.3, -0.25) is 14.9 Å². The minimum atomic E-state index is -0.669. The van der Waals surface area contributed by atoms with E-state index in [-0.39, 0.29) is 11.6 Å². The molecule has 1 unspecified atom stereocenters. The number of carbonyl (C=O) groups is 1. The van der Waals surface area contributed by atoms with E-state index in [2.05, 4.69) is 11.9 Å². The molecule has 3 N–H and O–H groups in total. The van der Waals surface area contributed by atoms with E-state index in [0.717, 1.165) is 0 Å². The minimum absolute atomic E-state index is 0.0170. The summed E-state index contributed by atoms with van der Waals surface area (Å²) in [6.07, 6.45) is 1.93. The summed E-state index contributed by atoms with van der Waals surface area (Å²) in [6, 6.07) is 3.70. The van der Waals surface area contributed by atoms with Gasteiger partial charge in [0.25, 0.3) is 5.69 Å². The molecule has 0 aromatic heterocycles. The number of rotatable bonds is 5. The number of hydrogen-bond acceptors (Lipinski definition) is 4. The fourth-order valence-electron chi connectivity index (χ4n) is 1.46. The van der Waals surface area contributed by atoms with Gasteiger partial charge in [-0.05, 0) is 25.5 Å². The number of benzene rings is 1. The predicted molar refractivity (Wildman–Crippen MR) is 69.3 cm³/mol. The van der Waals surface area contributed by atoms with Gasteiger partial charge in [0.1, 0.15) is 0 Å². The van der Waals surface area contributed by atoms with E-state index in [9.17, 15) is 14.9 Å². The molecule has 0 aliphatic carbocycles. The van der Waals surface area contributed by atoms with Crippen LogP contribution in [0.2, 0.25) is 0 Å². The number of nitrogens with two attached hydrogens (primary N) is 1. The molecule has 0 bridgehead atoms. The molecule has 96 valence electrons. The second-order valence-electron chi connectivity index (χ2n) is 3.88. The summed E-state index contributed by atoms with van der Waals surface area (Å²) >= 11 is 0. The summed E-state index contributed by atoms with van der Waals surface area (Å²) in [5.74, 6) is -0.344. The number of nitro groups is 1. The van der Waals surface area contributed by atoms with Crippen molar-refractivity contribution in [2.24, 2.45) is 5.73 Å². The molecule has 1 aromatic rings. The molecular formula is C12H15N3O3. The largest absolute Gasteiger partial charge is 0.325 e. The SMILES string of the molecule is C=CCC(N)C(=O)Nc1ccc([N+](=O)[O-])c(C)c1. The molecule has 1 amide bonds. The van der Waals surface area contributed by atoms with Crippen molar-refractivity contribution in [1.29, 1.82) is 0 Å². The Hall–Kier alpha value is -2.21. The molecular weight excluding hydrogens is 234 g/mol. The van der Waals surface area contributed by atoms with Crippen molar-refractivity contribution in [3.05, 3.63) is 46.5 Å². The van der Waals surface area contributed by atoms with Crippen molar-refractivity contribution in [2.75, 3.05) is 5.32 Å². The zero-order chi connectivity index (χ0) is 13.7. The van der Waals surface area contributed by atoms with Gasteiger partial charge in [0.2, 0.25) is 5.91 Å². The van der Waals surface area contributed by atoms with E-state index < -0.39 is 11.0 Å². The van der Waals surface area contributed by atoms with Gasteiger partial charge < -0.3 is 11.1 Å². The molecule has 0 heterocycles. The summed E-state index contributed by atoms with van der Waals surface area (Å²) in [5, 5.41) is 13.2. The molecule has 0 spiro atoms. The van der Waals surface area contributed by atoms with Crippen LogP contribution in [0.4, 0.5) is 11.4 Å². The number of carbonyl (C=O) groups excluding carboxylic acids is 1. The summed E-state index contributed by atoms with van der Waals surface area (Å²) in [5.41, 5.74) is 6.59. The monoisotopic (exact) mass is 249 g/mol. The molecule has 0 saturated carbocycles. The summed E-state index contributed by atoms with van der Waals surface area (Å²) in [4.78, 5) is 21.8. The fourth-order valence-corrected chi connectivity index (χ4v) is 1.46. The third kappa shape index (κ3) is 3.39. The quantitative estimate of drug-likeness (QED) is 0.471. The standard InChI is InChI=1S/C12H15N3O3/c1-3-4-10(13)12(16)14-9-5-6-11(15(17)18)8(2)7-9/h3,5-7,10H,1,4,13H2,2H3,(H,14,16). The highest BCUT2D eigenvalue weighted by atomic mass is 16.6. The van der Waals surface area contributed by atoms with Gasteiger partial charge in [-0.15, -0.1) is 6.58 Å². The Bertz CT molecular complexity index is 485. The predicted octanol–water partition coefficient (Wildman–Crippen LogP) is 1.75. The van der Waals surface area contributed by atoms with Gasteiger partial charge >= 0.3 is 0 Å². The molecule has 1 aromatic carbocycles. The van der Waals surface area contributed by atoms with Crippen molar-refractivity contribution < 1.29 is 9.72 Å². The average molecular weight is 249 g/mol. The van der Waals surface area contributed by atoms with E-state index in [1.165, 1.54) is 18.2 Å². The minimum Gasteiger partial charge on any atom is -0.325 e. The Labute approximate surface area is 105 Å². The zero-order valence-corrected chi connectivity index (χ0v) is 10.1. The number of nitro benzene ring substituents is 1. The molecule has 0 aliphatic heterocycles. The zero-order valence-electron chi connectivity index (χ0n) is 10.1. The average Bonchev–Trinajstić information content (AvgIpc) is 2.28. The lowest BCUT2D eigenvalue weighted by atomic mass is 10.1. The maximum absolute atomic E-state index is 11.6. The molecule has 6 nitrogen and oxygen atoms in total. The van der Waals surface area contributed by atoms with Gasteiger partial charge in [-0.1, -0.05) is 6.08 Å². The molecule has 0 aliphatic rings. The Balaban J connectivity index is 2.80. The first-order valence-electron chi connectivity index (χ1n) is 5.38. The van der Waals surface area contributed by atoms with Gasteiger partial charge in [0, 0.05) is 17.3 Å². The van der Waals surface area contributed by atoms with Crippen LogP contribution in [-0.4, -0.2) is 16.9 Å². The van der Waals surface area contributed by atoms with Crippen LogP contribution in [0.25, 0.3) is 0 Å². The Morgan fingerprint density at radius 1 is 1.67 bits per heavy atom. The van der Waals surface area contributed by atoms with Crippen LogP contribution in [0.5, 0.6) is 0 Å². The normalized spacial score (nSPS) is 11.7. The highest BCUT2D eigenvalue weighted by Gasteiger charge is 2.14. The smallest absolute Gasteiger partial charge is 0.272 e. The first kappa shape index (κ1) is 13.9. The van der Waals surface area contributed by atoms with Crippen molar-refractivity contribution in [2.45, 2.75) is 19.4 Å². The number of hydrogen-bond donors (Lipinski definition) is 2. The van der Waals surface area contributed by atoms with Crippen LogP contribution in [0.3, 0.4) is 0 Å². The lowest BCUT2D eigenvalue weighted by molar-refractivity contribution is -0.385. The number of aryl methyl sites for hydroxylation is 1. The topological polar surface area (TPSA) is 98.3 Å². The summed E-state index contributed by atoms with van der Waals surface area (Å²) in [6.45, 7) is 5.11. The molecule has 18 heavy (non-hydrogen) atoms. The van der Waals surface area contributed by atoms with Gasteiger partial charge in [-0.25, -0.2) is 0 Å². The van der Waals surface area contributed by atoms with E-state index in [1.54, 1.807) is 13.0 Å². The lowest BCUT2D eigenvalue weighted by Gasteiger charge is -2.10. The number of anilines is 1. The Morgan fingerprint density at radius 3 is 2.83 bits per heavy atom. The Morgan fingerprint density at radius 2 is 2.33 bits per heavy atom. The van der Waals surface area contributed by atoms with Crippen LogP contribution in [-0.2, 0) is 4.79 Å². The maximum atomic E-state index is 11.6. The highest BCUT2D eigenvalue weighted by molar-refractivity contribution is 5.94. The lowest BCUT2D eigenvalue weighted by Crippen LogP contribution is -2.35. The third-order valence-electron chi connectivity index (χ3n) is 2.42. The first-order chi connectivity index (χ1) is 8.45. The summed E-state index contributed by atoms with van der Waals surface area (Å²) in [7, 11) is 0. The van der Waals surface area contributed by atoms with Gasteiger partial charge in [0.15, 0.2) is 0 Å². The maximum Gasteiger partial charge on any atom is 0.272 e. The molecule has 6 heteroatoms. The van der Waals surface area contributed by atoms with Crippen molar-refractivity contribution in [3.8, 4) is 0 Å². The summed E-state index contributed by atoms with van der Waals surface area (Å²) < 4.78 is 0. The molecule has 0 fully saturated rings. The van der Waals surface area contributed by atoms with Gasteiger partial charge in [-0.2, -0.15) is 0 Å². The van der Waals surface area contributed by atoms with Crippen LogP contribution >= 0.6 is 0 Å². The molecule has 1 atom stereocenters. The number of amides is 1. The van der Waals surface area contributed by atoms with E-state index >= 15 is 0 Å². The number of nitrogens with one attached hydrogen (secondary N) is 1. The van der Waals surface area contributed by atoms with Crippen molar-refractivity contribution in [1.82, 2.24) is 0 Å². The second-order valence-corrected chi connectivity index (χ2v) is 3.88. The van der Waals surface area contributed by atoms with Crippen molar-refractivity contribution >= 4 is 17.3 Å². The Kier molecular flexibility index (Phi) is 4.56. The van der Waals surface area contributed by atoms with Crippen LogP contribution in [0.15, 0.2) is 30.9 Å². The molecule has 0 radical (unpaired) electrons.